The van der Waals surface area contributed by atoms with Gasteiger partial charge in [-0.05, 0) is 43.5 Å². The van der Waals surface area contributed by atoms with Gasteiger partial charge in [0.15, 0.2) is 0 Å². The van der Waals surface area contributed by atoms with Crippen LogP contribution in [0.15, 0.2) is 24.3 Å². The summed E-state index contributed by atoms with van der Waals surface area (Å²) in [5, 5.41) is 2.85. The highest BCUT2D eigenvalue weighted by Gasteiger charge is 2.38. The van der Waals surface area contributed by atoms with Gasteiger partial charge >= 0.3 is 0 Å². The minimum Gasteiger partial charge on any atom is -0.399 e. The lowest BCUT2D eigenvalue weighted by atomic mass is 9.77. The maximum Gasteiger partial charge on any atom is 0.227 e. The second-order valence-corrected chi connectivity index (χ2v) is 4.59. The average molecular weight is 234 g/mol. The zero-order valence-electron chi connectivity index (χ0n) is 10.0. The Hall–Kier alpha value is -1.55. The molecule has 17 heavy (non-hydrogen) atoms. The van der Waals surface area contributed by atoms with Gasteiger partial charge in [-0.1, -0.05) is 0 Å². The SMILES string of the molecule is COC1(CC(=O)Nc2ccc(N)cc2)CCC1. The smallest absolute Gasteiger partial charge is 0.227 e. The summed E-state index contributed by atoms with van der Waals surface area (Å²) in [7, 11) is 1.68. The van der Waals surface area contributed by atoms with E-state index in [1.807, 2.05) is 0 Å². The summed E-state index contributed by atoms with van der Waals surface area (Å²) >= 11 is 0. The van der Waals surface area contributed by atoms with Gasteiger partial charge in [-0.15, -0.1) is 0 Å². The summed E-state index contributed by atoms with van der Waals surface area (Å²) in [5.74, 6) is -0.00341. The number of rotatable bonds is 4. The Labute approximate surface area is 101 Å². The van der Waals surface area contributed by atoms with Crippen LogP contribution in [-0.2, 0) is 9.53 Å². The van der Waals surface area contributed by atoms with E-state index >= 15 is 0 Å². The Balaban J connectivity index is 1.91. The quantitative estimate of drug-likeness (QED) is 0.785. The molecular formula is C13H18N2O2. The van der Waals surface area contributed by atoms with E-state index in [-0.39, 0.29) is 11.5 Å². The van der Waals surface area contributed by atoms with Crippen LogP contribution in [0.4, 0.5) is 11.4 Å². The molecule has 3 N–H and O–H groups in total. The van der Waals surface area contributed by atoms with E-state index in [4.69, 9.17) is 10.5 Å². The Morgan fingerprint density at radius 1 is 1.41 bits per heavy atom. The maximum absolute atomic E-state index is 11.8. The molecule has 1 aromatic rings. The van der Waals surface area contributed by atoms with Crippen molar-refractivity contribution >= 4 is 17.3 Å². The third kappa shape index (κ3) is 2.77. The fourth-order valence-electron chi connectivity index (χ4n) is 2.09. The molecule has 1 saturated carbocycles. The number of carbonyl (C=O) groups excluding carboxylic acids is 1. The van der Waals surface area contributed by atoms with Crippen molar-refractivity contribution < 1.29 is 9.53 Å². The number of carbonyl (C=O) groups is 1. The van der Waals surface area contributed by atoms with Crippen LogP contribution in [0, 0.1) is 0 Å². The maximum atomic E-state index is 11.8. The van der Waals surface area contributed by atoms with Crippen LogP contribution < -0.4 is 11.1 Å². The molecule has 4 nitrogen and oxygen atoms in total. The van der Waals surface area contributed by atoms with Gasteiger partial charge < -0.3 is 15.8 Å². The van der Waals surface area contributed by atoms with Crippen LogP contribution in [0.5, 0.6) is 0 Å². The first kappa shape index (κ1) is 11.9. The van der Waals surface area contributed by atoms with E-state index in [9.17, 15) is 4.79 Å². The summed E-state index contributed by atoms with van der Waals surface area (Å²) in [6, 6.07) is 7.14. The molecular weight excluding hydrogens is 216 g/mol. The standard InChI is InChI=1S/C13H18N2O2/c1-17-13(7-2-8-13)9-12(16)15-11-5-3-10(14)4-6-11/h3-6H,2,7-9,14H2,1H3,(H,15,16). The molecule has 1 aromatic carbocycles. The van der Waals surface area contributed by atoms with Gasteiger partial charge in [0.05, 0.1) is 12.0 Å². The van der Waals surface area contributed by atoms with Crippen molar-refractivity contribution in [3.05, 3.63) is 24.3 Å². The Morgan fingerprint density at radius 3 is 2.53 bits per heavy atom. The molecule has 1 amide bonds. The zero-order valence-corrected chi connectivity index (χ0v) is 10.0. The molecule has 0 atom stereocenters. The fraction of sp³-hybridized carbons (Fsp3) is 0.462. The predicted octanol–water partition coefficient (Wildman–Crippen LogP) is 2.17. The number of nitrogens with two attached hydrogens (primary N) is 1. The van der Waals surface area contributed by atoms with Gasteiger partial charge in [-0.25, -0.2) is 0 Å². The largest absolute Gasteiger partial charge is 0.399 e. The summed E-state index contributed by atoms with van der Waals surface area (Å²) in [6.45, 7) is 0. The Kier molecular flexibility index (Phi) is 3.33. The highest BCUT2D eigenvalue weighted by Crippen LogP contribution is 2.38. The van der Waals surface area contributed by atoms with Crippen molar-refractivity contribution in [3.63, 3.8) is 0 Å². The lowest BCUT2D eigenvalue weighted by molar-refractivity contribution is -0.129. The minimum atomic E-state index is -0.224. The molecule has 0 heterocycles. The van der Waals surface area contributed by atoms with Gasteiger partial charge in [-0.2, -0.15) is 0 Å². The van der Waals surface area contributed by atoms with Crippen LogP contribution in [0.3, 0.4) is 0 Å². The van der Waals surface area contributed by atoms with Crippen molar-refractivity contribution in [3.8, 4) is 0 Å². The molecule has 92 valence electrons. The number of hydrogen-bond donors (Lipinski definition) is 2. The van der Waals surface area contributed by atoms with Crippen molar-refractivity contribution in [2.75, 3.05) is 18.2 Å². The number of nitrogen functional groups attached to an aromatic ring is 1. The van der Waals surface area contributed by atoms with E-state index < -0.39 is 0 Å². The van der Waals surface area contributed by atoms with Gasteiger partial charge in [0.25, 0.3) is 0 Å². The third-order valence-corrected chi connectivity index (χ3v) is 3.37. The molecule has 2 rings (SSSR count). The van der Waals surface area contributed by atoms with Gasteiger partial charge in [0, 0.05) is 18.5 Å². The molecule has 0 saturated heterocycles. The van der Waals surface area contributed by atoms with Crippen LogP contribution in [-0.4, -0.2) is 18.6 Å². The number of hydrogen-bond acceptors (Lipinski definition) is 3. The summed E-state index contributed by atoms with van der Waals surface area (Å²) in [4.78, 5) is 11.8. The van der Waals surface area contributed by atoms with Gasteiger partial charge in [0.1, 0.15) is 0 Å². The normalized spacial score (nSPS) is 17.2. The molecule has 0 bridgehead atoms. The second-order valence-electron chi connectivity index (χ2n) is 4.59. The molecule has 4 heteroatoms. The van der Waals surface area contributed by atoms with E-state index in [1.54, 1.807) is 31.4 Å². The van der Waals surface area contributed by atoms with Crippen molar-refractivity contribution in [1.29, 1.82) is 0 Å². The lowest BCUT2D eigenvalue weighted by Gasteiger charge is -2.39. The molecule has 1 aliphatic carbocycles. The van der Waals surface area contributed by atoms with Crippen LogP contribution in [0.1, 0.15) is 25.7 Å². The second kappa shape index (κ2) is 4.75. The first-order valence-corrected chi connectivity index (χ1v) is 5.84. The average Bonchev–Trinajstić information content (AvgIpc) is 2.27. The number of benzene rings is 1. The van der Waals surface area contributed by atoms with Gasteiger partial charge in [0.2, 0.25) is 5.91 Å². The molecule has 1 aliphatic rings. The van der Waals surface area contributed by atoms with Crippen LogP contribution in [0.2, 0.25) is 0 Å². The van der Waals surface area contributed by atoms with Crippen molar-refractivity contribution in [2.45, 2.75) is 31.3 Å². The predicted molar refractivity (Wildman–Crippen MR) is 67.7 cm³/mol. The molecule has 0 aromatic heterocycles. The highest BCUT2D eigenvalue weighted by molar-refractivity contribution is 5.91. The molecule has 1 fully saturated rings. The van der Waals surface area contributed by atoms with Crippen LogP contribution in [0.25, 0.3) is 0 Å². The first-order valence-electron chi connectivity index (χ1n) is 5.84. The third-order valence-electron chi connectivity index (χ3n) is 3.37. The number of amides is 1. The fourth-order valence-corrected chi connectivity index (χ4v) is 2.09. The summed E-state index contributed by atoms with van der Waals surface area (Å²) < 4.78 is 5.42. The Morgan fingerprint density at radius 2 is 2.06 bits per heavy atom. The zero-order chi connectivity index (χ0) is 12.3. The number of anilines is 2. The Bertz CT molecular complexity index is 391. The lowest BCUT2D eigenvalue weighted by Crippen LogP contribution is -2.42. The van der Waals surface area contributed by atoms with Gasteiger partial charge in [-0.3, -0.25) is 4.79 Å². The minimum absolute atomic E-state index is 0.00341. The van der Waals surface area contributed by atoms with Crippen molar-refractivity contribution in [2.24, 2.45) is 0 Å². The topological polar surface area (TPSA) is 64.3 Å². The van der Waals surface area contributed by atoms with Crippen LogP contribution >= 0.6 is 0 Å². The van der Waals surface area contributed by atoms with E-state index in [0.717, 1.165) is 24.9 Å². The van der Waals surface area contributed by atoms with Crippen molar-refractivity contribution in [1.82, 2.24) is 0 Å². The molecule has 0 unspecified atom stereocenters. The van der Waals surface area contributed by atoms with E-state index in [2.05, 4.69) is 5.32 Å². The molecule has 0 spiro atoms. The van der Waals surface area contributed by atoms with E-state index in [1.165, 1.54) is 0 Å². The summed E-state index contributed by atoms with van der Waals surface area (Å²) in [6.07, 6.45) is 3.51. The molecule has 0 radical (unpaired) electrons. The number of ether oxygens (including phenoxy) is 1. The number of nitrogens with one attached hydrogen (secondary N) is 1. The first-order chi connectivity index (χ1) is 8.13. The highest BCUT2D eigenvalue weighted by atomic mass is 16.5. The molecule has 0 aliphatic heterocycles. The monoisotopic (exact) mass is 234 g/mol. The summed E-state index contributed by atoms with van der Waals surface area (Å²) in [5.41, 5.74) is 6.82. The number of methoxy groups -OCH3 is 1. The van der Waals surface area contributed by atoms with E-state index in [0.29, 0.717) is 12.1 Å².